The van der Waals surface area contributed by atoms with Crippen LogP contribution in [0.2, 0.25) is 0 Å². The lowest BCUT2D eigenvalue weighted by molar-refractivity contribution is -0.148. The number of carbonyl (C=O) groups is 2. The summed E-state index contributed by atoms with van der Waals surface area (Å²) in [6, 6.07) is 5.45. The van der Waals surface area contributed by atoms with E-state index in [1.54, 1.807) is 6.07 Å². The van der Waals surface area contributed by atoms with Crippen molar-refractivity contribution in [3.8, 4) is 5.75 Å². The second-order valence-electron chi connectivity index (χ2n) is 5.35. The highest BCUT2D eigenvalue weighted by atomic mass is 16.5. The molecule has 1 amide bonds. The predicted molar refractivity (Wildman–Crippen MR) is 77.0 cm³/mol. The molecule has 0 spiro atoms. The first-order valence-corrected chi connectivity index (χ1v) is 6.53. The average Bonchev–Trinajstić information content (AvgIpc) is 2.32. The summed E-state index contributed by atoms with van der Waals surface area (Å²) in [5.41, 5.74) is 0.488. The van der Waals surface area contributed by atoms with Crippen LogP contribution in [0.25, 0.3) is 0 Å². The first-order valence-electron chi connectivity index (χ1n) is 6.53. The number of hydrogen-bond donors (Lipinski definition) is 2. The number of carbonyl (C=O) groups excluding carboxylic acids is 1. The third kappa shape index (κ3) is 4.26. The van der Waals surface area contributed by atoms with Crippen LogP contribution in [0.5, 0.6) is 5.75 Å². The van der Waals surface area contributed by atoms with Crippen LogP contribution in [-0.4, -0.2) is 23.6 Å². The molecule has 20 heavy (non-hydrogen) atoms. The van der Waals surface area contributed by atoms with Crippen molar-refractivity contribution in [3.05, 3.63) is 23.8 Å². The topological polar surface area (TPSA) is 75.6 Å². The summed E-state index contributed by atoms with van der Waals surface area (Å²) in [5.74, 6) is -0.752. The molecule has 1 aromatic carbocycles. The lowest BCUT2D eigenvalue weighted by Gasteiger charge is -2.19. The molecule has 0 saturated heterocycles. The van der Waals surface area contributed by atoms with Gasteiger partial charge in [0.2, 0.25) is 5.91 Å². The number of rotatable bonds is 6. The molecule has 0 radical (unpaired) electrons. The number of aryl methyl sites for hydroxylation is 1. The van der Waals surface area contributed by atoms with Gasteiger partial charge in [0.1, 0.15) is 5.75 Å². The number of aliphatic carboxylic acids is 1. The number of benzene rings is 1. The Bertz CT molecular complexity index is 509. The van der Waals surface area contributed by atoms with Crippen molar-refractivity contribution in [3.63, 3.8) is 0 Å². The smallest absolute Gasteiger partial charge is 0.309 e. The molecule has 0 unspecified atom stereocenters. The van der Waals surface area contributed by atoms with Gasteiger partial charge >= 0.3 is 5.97 Å². The number of carboxylic acids is 1. The predicted octanol–water partition coefficient (Wildman–Crippen LogP) is 2.83. The summed E-state index contributed by atoms with van der Waals surface area (Å²) in [7, 11) is 0. The van der Waals surface area contributed by atoms with Crippen molar-refractivity contribution in [2.24, 2.45) is 5.41 Å². The molecule has 0 saturated carbocycles. The molecule has 0 bridgehead atoms. The second-order valence-corrected chi connectivity index (χ2v) is 5.35. The van der Waals surface area contributed by atoms with Crippen LogP contribution < -0.4 is 10.1 Å². The minimum absolute atomic E-state index is 0.0955. The standard InChI is InChI=1S/C15H21NO4/c1-5-20-12-8-10(2)6-7-11(12)16-13(17)9-15(3,4)14(18)19/h6-8H,5,9H2,1-4H3,(H,16,17)(H,18,19). The van der Waals surface area contributed by atoms with Crippen LogP contribution in [0.15, 0.2) is 18.2 Å². The minimum atomic E-state index is -1.10. The fourth-order valence-corrected chi connectivity index (χ4v) is 1.68. The van der Waals surface area contributed by atoms with E-state index in [0.29, 0.717) is 18.0 Å². The number of anilines is 1. The molecule has 0 atom stereocenters. The normalized spacial score (nSPS) is 11.0. The van der Waals surface area contributed by atoms with E-state index in [4.69, 9.17) is 9.84 Å². The lowest BCUT2D eigenvalue weighted by atomic mass is 9.89. The molecule has 0 aromatic heterocycles. The Morgan fingerprint density at radius 1 is 1.35 bits per heavy atom. The lowest BCUT2D eigenvalue weighted by Crippen LogP contribution is -2.29. The van der Waals surface area contributed by atoms with Crippen LogP contribution >= 0.6 is 0 Å². The quantitative estimate of drug-likeness (QED) is 0.839. The fraction of sp³-hybridized carbons (Fsp3) is 0.467. The summed E-state index contributed by atoms with van der Waals surface area (Å²) in [5, 5.41) is 11.7. The molecule has 5 nitrogen and oxygen atoms in total. The zero-order chi connectivity index (χ0) is 15.3. The van der Waals surface area contributed by atoms with Crippen molar-refractivity contribution in [1.29, 1.82) is 0 Å². The highest BCUT2D eigenvalue weighted by molar-refractivity contribution is 5.95. The van der Waals surface area contributed by atoms with E-state index in [1.807, 2.05) is 26.0 Å². The van der Waals surface area contributed by atoms with E-state index < -0.39 is 11.4 Å². The molecular formula is C15H21NO4. The molecule has 0 aliphatic carbocycles. The highest BCUT2D eigenvalue weighted by Gasteiger charge is 2.30. The van der Waals surface area contributed by atoms with E-state index in [-0.39, 0.29) is 12.3 Å². The summed E-state index contributed by atoms with van der Waals surface area (Å²) in [6.45, 7) is 7.33. The van der Waals surface area contributed by atoms with E-state index in [9.17, 15) is 9.59 Å². The van der Waals surface area contributed by atoms with Gasteiger partial charge in [0, 0.05) is 6.42 Å². The van der Waals surface area contributed by atoms with Gasteiger partial charge in [0.25, 0.3) is 0 Å². The average molecular weight is 279 g/mol. The first-order chi connectivity index (χ1) is 9.26. The van der Waals surface area contributed by atoms with E-state index in [1.165, 1.54) is 13.8 Å². The zero-order valence-corrected chi connectivity index (χ0v) is 12.3. The molecule has 0 aliphatic heterocycles. The Hall–Kier alpha value is -2.04. The molecule has 0 heterocycles. The third-order valence-corrected chi connectivity index (χ3v) is 2.89. The number of nitrogens with one attached hydrogen (secondary N) is 1. The first kappa shape index (κ1) is 16.0. The molecule has 0 aliphatic rings. The van der Waals surface area contributed by atoms with Crippen LogP contribution in [0.1, 0.15) is 32.8 Å². The van der Waals surface area contributed by atoms with E-state index in [0.717, 1.165) is 5.56 Å². The Balaban J connectivity index is 2.83. The van der Waals surface area contributed by atoms with Gasteiger partial charge in [0.05, 0.1) is 17.7 Å². The fourth-order valence-electron chi connectivity index (χ4n) is 1.68. The molecule has 1 rings (SSSR count). The maximum atomic E-state index is 11.9. The van der Waals surface area contributed by atoms with Crippen LogP contribution in [-0.2, 0) is 9.59 Å². The SMILES string of the molecule is CCOc1cc(C)ccc1NC(=O)CC(C)(C)C(=O)O. The Labute approximate surface area is 118 Å². The summed E-state index contributed by atoms with van der Waals surface area (Å²) in [4.78, 5) is 23.0. The van der Waals surface area contributed by atoms with Gasteiger partial charge in [-0.3, -0.25) is 9.59 Å². The monoisotopic (exact) mass is 279 g/mol. The molecule has 0 fully saturated rings. The van der Waals surface area contributed by atoms with Crippen LogP contribution in [0.4, 0.5) is 5.69 Å². The van der Waals surface area contributed by atoms with Gasteiger partial charge in [0.15, 0.2) is 0 Å². The van der Waals surface area contributed by atoms with Crippen LogP contribution in [0, 0.1) is 12.3 Å². The maximum Gasteiger partial charge on any atom is 0.309 e. The molecule has 110 valence electrons. The Morgan fingerprint density at radius 3 is 2.55 bits per heavy atom. The van der Waals surface area contributed by atoms with Crippen molar-refractivity contribution in [2.75, 3.05) is 11.9 Å². The summed E-state index contributed by atoms with van der Waals surface area (Å²) in [6.07, 6.45) is -0.0955. The van der Waals surface area contributed by atoms with Crippen molar-refractivity contribution >= 4 is 17.6 Å². The number of amides is 1. The molecular weight excluding hydrogens is 258 g/mol. The number of ether oxygens (including phenoxy) is 1. The van der Waals surface area contributed by atoms with E-state index in [2.05, 4.69) is 5.32 Å². The van der Waals surface area contributed by atoms with Gasteiger partial charge in [-0.25, -0.2) is 0 Å². The Morgan fingerprint density at radius 2 is 2.00 bits per heavy atom. The third-order valence-electron chi connectivity index (χ3n) is 2.89. The molecule has 5 heteroatoms. The largest absolute Gasteiger partial charge is 0.492 e. The highest BCUT2D eigenvalue weighted by Crippen LogP contribution is 2.27. The number of carboxylic acid groups (broad SMARTS) is 1. The molecule has 1 aromatic rings. The molecule has 2 N–H and O–H groups in total. The van der Waals surface area contributed by atoms with E-state index >= 15 is 0 Å². The van der Waals surface area contributed by atoms with Gasteiger partial charge in [-0.15, -0.1) is 0 Å². The summed E-state index contributed by atoms with van der Waals surface area (Å²) < 4.78 is 5.47. The second kappa shape index (κ2) is 6.41. The maximum absolute atomic E-state index is 11.9. The van der Waals surface area contributed by atoms with Crippen molar-refractivity contribution in [2.45, 2.75) is 34.1 Å². The van der Waals surface area contributed by atoms with Gasteiger partial charge in [-0.2, -0.15) is 0 Å². The van der Waals surface area contributed by atoms with Crippen molar-refractivity contribution in [1.82, 2.24) is 0 Å². The van der Waals surface area contributed by atoms with Gasteiger partial charge < -0.3 is 15.2 Å². The van der Waals surface area contributed by atoms with Crippen molar-refractivity contribution < 1.29 is 19.4 Å². The van der Waals surface area contributed by atoms with Gasteiger partial charge in [-0.05, 0) is 45.4 Å². The summed E-state index contributed by atoms with van der Waals surface area (Å²) >= 11 is 0. The Kier molecular flexibility index (Phi) is 5.13. The van der Waals surface area contributed by atoms with Gasteiger partial charge in [-0.1, -0.05) is 6.07 Å². The minimum Gasteiger partial charge on any atom is -0.492 e. The zero-order valence-electron chi connectivity index (χ0n) is 12.3. The number of hydrogen-bond acceptors (Lipinski definition) is 3. The van der Waals surface area contributed by atoms with Crippen LogP contribution in [0.3, 0.4) is 0 Å².